The van der Waals surface area contributed by atoms with Crippen LogP contribution in [0.15, 0.2) is 188 Å². The fourth-order valence-electron chi connectivity index (χ4n) is 7.23. The van der Waals surface area contributed by atoms with Crippen molar-refractivity contribution in [3.8, 4) is 56.4 Å². The van der Waals surface area contributed by atoms with Gasteiger partial charge in [0.05, 0.1) is 5.69 Å². The van der Waals surface area contributed by atoms with Gasteiger partial charge in [-0.25, -0.2) is 0 Å². The third kappa shape index (κ3) is 5.56. The Labute approximate surface area is 306 Å². The first-order chi connectivity index (χ1) is 25.7. The first-order valence-electron chi connectivity index (χ1n) is 17.4. The van der Waals surface area contributed by atoms with E-state index in [1.165, 1.54) is 31.3 Å². The molecule has 6 bridgehead atoms. The zero-order valence-electron chi connectivity index (χ0n) is 28.1. The smallest absolute Gasteiger partial charge is 0.131 e. The van der Waals surface area contributed by atoms with Gasteiger partial charge in [0.15, 0.2) is 0 Å². The minimum Gasteiger partial charge on any atom is -0.457 e. The third-order valence-electron chi connectivity index (χ3n) is 9.64. The van der Waals surface area contributed by atoms with Crippen LogP contribution in [0.1, 0.15) is 0 Å². The van der Waals surface area contributed by atoms with E-state index in [1.54, 1.807) is 0 Å². The van der Waals surface area contributed by atoms with Gasteiger partial charge in [0.25, 0.3) is 0 Å². The molecule has 246 valence electrons. The molecule has 2 heterocycles. The highest BCUT2D eigenvalue weighted by Gasteiger charge is 2.19. The molecule has 0 saturated heterocycles. The Morgan fingerprint density at radius 2 is 0.923 bits per heavy atom. The summed E-state index contributed by atoms with van der Waals surface area (Å²) in [7, 11) is 0. The van der Waals surface area contributed by atoms with Crippen LogP contribution in [-0.2, 0) is 0 Å². The molecule has 9 aromatic rings. The fraction of sp³-hybridized carbons (Fsp3) is 0. The lowest BCUT2D eigenvalue weighted by atomic mass is 9.98. The normalized spacial score (nSPS) is 11.8. The molecule has 1 aliphatic heterocycles. The molecule has 1 aliphatic rings. The van der Waals surface area contributed by atoms with E-state index in [4.69, 9.17) is 9.47 Å². The summed E-state index contributed by atoms with van der Waals surface area (Å²) in [6, 6.07) is 66.2. The maximum Gasteiger partial charge on any atom is 0.131 e. The summed E-state index contributed by atoms with van der Waals surface area (Å²) < 4.78 is 15.2. The van der Waals surface area contributed by atoms with Crippen molar-refractivity contribution in [2.75, 3.05) is 4.90 Å². The quantitative estimate of drug-likeness (QED) is 0.180. The molecule has 52 heavy (non-hydrogen) atoms. The molecular formula is C48H31NO2S. The molecule has 10 rings (SSSR count). The first-order valence-corrected chi connectivity index (χ1v) is 18.2. The van der Waals surface area contributed by atoms with E-state index in [0.29, 0.717) is 0 Å². The van der Waals surface area contributed by atoms with Crippen LogP contribution in [-0.4, -0.2) is 0 Å². The van der Waals surface area contributed by atoms with Crippen molar-refractivity contribution in [1.82, 2.24) is 0 Å². The highest BCUT2D eigenvalue weighted by atomic mass is 32.1. The topological polar surface area (TPSA) is 21.7 Å². The number of ether oxygens (including phenoxy) is 2. The predicted octanol–water partition coefficient (Wildman–Crippen LogP) is 14.4. The maximum atomic E-state index is 6.44. The van der Waals surface area contributed by atoms with Crippen LogP contribution in [0.4, 0.5) is 17.1 Å². The number of hydrogen-bond donors (Lipinski definition) is 0. The van der Waals surface area contributed by atoms with E-state index in [-0.39, 0.29) is 0 Å². The SMILES string of the molecule is c1ccc(-c2cccc(N(c3ccc(-c4cc5cc(c4)-c4cccc(c4)Oc4cccc(c4)O5)cc3)c3cccc4sc5ccccc5c34)c2)cc1. The Morgan fingerprint density at radius 1 is 0.346 bits per heavy atom. The number of fused-ring (bicyclic) bond motifs is 10. The fourth-order valence-corrected chi connectivity index (χ4v) is 8.36. The number of rotatable bonds is 5. The van der Waals surface area contributed by atoms with Gasteiger partial charge in [-0.1, -0.05) is 97.1 Å². The Balaban J connectivity index is 1.11. The Morgan fingerprint density at radius 3 is 1.75 bits per heavy atom. The standard InChI is InChI=1S/C48H31NO2S/c1-2-10-32(11-3-1)34-12-6-14-39(27-34)49(45-19-9-21-47-48(45)44-18-4-5-20-46(44)52-47)38-24-22-33(23-25-38)36-26-37-30-43(29-36)51-42-17-8-16-41(31-42)50-40-15-7-13-35(37)28-40/h1-31H. The Bertz CT molecular complexity index is 2750. The molecule has 0 saturated carbocycles. The Kier molecular flexibility index (Phi) is 7.33. The lowest BCUT2D eigenvalue weighted by Gasteiger charge is -2.27. The summed E-state index contributed by atoms with van der Waals surface area (Å²) in [6.45, 7) is 0. The highest BCUT2D eigenvalue weighted by Crippen LogP contribution is 2.46. The molecule has 0 fully saturated rings. The minimum absolute atomic E-state index is 0.731. The summed E-state index contributed by atoms with van der Waals surface area (Å²) >= 11 is 1.84. The van der Waals surface area contributed by atoms with E-state index < -0.39 is 0 Å². The summed E-state index contributed by atoms with van der Waals surface area (Å²) in [4.78, 5) is 2.40. The zero-order valence-corrected chi connectivity index (χ0v) is 28.9. The molecule has 8 aromatic carbocycles. The van der Waals surface area contributed by atoms with Gasteiger partial charge in [-0.05, 0) is 118 Å². The van der Waals surface area contributed by atoms with E-state index in [9.17, 15) is 0 Å². The van der Waals surface area contributed by atoms with Gasteiger partial charge in [-0.3, -0.25) is 0 Å². The summed E-state index contributed by atoms with van der Waals surface area (Å²) in [6.07, 6.45) is 0. The van der Waals surface area contributed by atoms with Crippen LogP contribution < -0.4 is 14.4 Å². The zero-order chi connectivity index (χ0) is 34.4. The van der Waals surface area contributed by atoms with Gasteiger partial charge in [0.1, 0.15) is 23.0 Å². The maximum absolute atomic E-state index is 6.44. The van der Waals surface area contributed by atoms with Crippen molar-refractivity contribution in [3.63, 3.8) is 0 Å². The molecular weight excluding hydrogens is 655 g/mol. The number of nitrogens with zero attached hydrogens (tertiary/aromatic N) is 1. The number of thiophene rings is 1. The van der Waals surface area contributed by atoms with E-state index >= 15 is 0 Å². The first kappa shape index (κ1) is 30.2. The van der Waals surface area contributed by atoms with Crippen LogP contribution >= 0.6 is 11.3 Å². The molecule has 0 aliphatic carbocycles. The largest absolute Gasteiger partial charge is 0.457 e. The third-order valence-corrected chi connectivity index (χ3v) is 10.8. The van der Waals surface area contributed by atoms with Gasteiger partial charge in [0.2, 0.25) is 0 Å². The molecule has 0 amide bonds. The molecule has 0 N–H and O–H groups in total. The average Bonchev–Trinajstić information content (AvgIpc) is 3.58. The van der Waals surface area contributed by atoms with Gasteiger partial charge in [-0.2, -0.15) is 0 Å². The van der Waals surface area contributed by atoms with Gasteiger partial charge in [0, 0.05) is 37.6 Å². The number of anilines is 3. The van der Waals surface area contributed by atoms with Crippen LogP contribution in [0.3, 0.4) is 0 Å². The molecule has 0 unspecified atom stereocenters. The second kappa shape index (κ2) is 12.6. The molecule has 4 heteroatoms. The molecule has 0 atom stereocenters. The number of hydrogen-bond acceptors (Lipinski definition) is 4. The van der Waals surface area contributed by atoms with Crippen LogP contribution in [0.25, 0.3) is 53.6 Å². The minimum atomic E-state index is 0.731. The van der Waals surface area contributed by atoms with E-state index in [2.05, 4.69) is 157 Å². The second-order valence-corrected chi connectivity index (χ2v) is 14.1. The van der Waals surface area contributed by atoms with Crippen molar-refractivity contribution >= 4 is 48.6 Å². The van der Waals surface area contributed by atoms with Gasteiger partial charge >= 0.3 is 0 Å². The van der Waals surface area contributed by atoms with Crippen molar-refractivity contribution in [2.45, 2.75) is 0 Å². The summed E-state index contributed by atoms with van der Waals surface area (Å²) in [5.41, 5.74) is 10.0. The van der Waals surface area contributed by atoms with Crippen LogP contribution in [0.5, 0.6) is 23.0 Å². The second-order valence-electron chi connectivity index (χ2n) is 13.0. The lowest BCUT2D eigenvalue weighted by Crippen LogP contribution is -2.10. The lowest BCUT2D eigenvalue weighted by molar-refractivity contribution is 0.461. The monoisotopic (exact) mass is 685 g/mol. The van der Waals surface area contributed by atoms with E-state index in [1.807, 2.05) is 47.7 Å². The predicted molar refractivity (Wildman–Crippen MR) is 217 cm³/mol. The molecule has 3 nitrogen and oxygen atoms in total. The van der Waals surface area contributed by atoms with Crippen molar-refractivity contribution in [3.05, 3.63) is 188 Å². The van der Waals surface area contributed by atoms with Crippen molar-refractivity contribution in [1.29, 1.82) is 0 Å². The number of benzene rings is 8. The van der Waals surface area contributed by atoms with Crippen molar-refractivity contribution < 1.29 is 9.47 Å². The molecule has 0 radical (unpaired) electrons. The van der Waals surface area contributed by atoms with Crippen molar-refractivity contribution in [2.24, 2.45) is 0 Å². The average molecular weight is 686 g/mol. The van der Waals surface area contributed by atoms with E-state index in [0.717, 1.165) is 62.3 Å². The Hall–Kier alpha value is -6.62. The molecule has 1 aromatic heterocycles. The van der Waals surface area contributed by atoms with Crippen LogP contribution in [0.2, 0.25) is 0 Å². The molecule has 0 spiro atoms. The summed E-state index contributed by atoms with van der Waals surface area (Å²) in [5, 5.41) is 2.53. The highest BCUT2D eigenvalue weighted by molar-refractivity contribution is 7.26. The van der Waals surface area contributed by atoms with Crippen LogP contribution in [0, 0.1) is 0 Å². The van der Waals surface area contributed by atoms with Gasteiger partial charge in [-0.15, -0.1) is 11.3 Å². The van der Waals surface area contributed by atoms with Gasteiger partial charge < -0.3 is 14.4 Å². The summed E-state index contributed by atoms with van der Waals surface area (Å²) in [5.74, 6) is 3.04.